The van der Waals surface area contributed by atoms with E-state index in [0.29, 0.717) is 6.42 Å². The van der Waals surface area contributed by atoms with Crippen LogP contribution in [-0.2, 0) is 4.79 Å². The van der Waals surface area contributed by atoms with Gasteiger partial charge in [0.1, 0.15) is 6.04 Å². The minimum Gasteiger partial charge on any atom is -0.292 e. The Morgan fingerprint density at radius 2 is 2.13 bits per heavy atom. The van der Waals surface area contributed by atoms with Gasteiger partial charge in [-0.3, -0.25) is 14.9 Å². The van der Waals surface area contributed by atoms with Crippen molar-refractivity contribution in [2.45, 2.75) is 40.2 Å². The molecule has 1 aromatic heterocycles. The molecule has 0 bridgehead atoms. The summed E-state index contributed by atoms with van der Waals surface area (Å²) >= 11 is 0. The Hall–Kier alpha value is -1.36. The van der Waals surface area contributed by atoms with Crippen molar-refractivity contribution in [2.75, 3.05) is 0 Å². The highest BCUT2D eigenvalue weighted by Gasteiger charge is 2.21. The first-order chi connectivity index (χ1) is 7.02. The Bertz CT molecular complexity index is 370. The lowest BCUT2D eigenvalue weighted by molar-refractivity contribution is -0.124. The van der Waals surface area contributed by atoms with Gasteiger partial charge in [-0.05, 0) is 32.8 Å². The minimum atomic E-state index is -0.317. The van der Waals surface area contributed by atoms with Crippen molar-refractivity contribution in [3.8, 4) is 0 Å². The number of carbonyl (C=O) groups excluding carboxylic acids is 1. The van der Waals surface area contributed by atoms with Crippen LogP contribution in [0, 0.1) is 20.8 Å². The number of hydrazine groups is 1. The van der Waals surface area contributed by atoms with Crippen LogP contribution in [0.4, 0.5) is 0 Å². The lowest BCUT2D eigenvalue weighted by atomic mass is 10.2. The van der Waals surface area contributed by atoms with Gasteiger partial charge in [0.25, 0.3) is 5.91 Å². The van der Waals surface area contributed by atoms with E-state index in [2.05, 4.69) is 10.5 Å². The normalized spacial score (nSPS) is 12.6. The maximum absolute atomic E-state index is 11.5. The molecule has 1 aromatic rings. The predicted octanol–water partition coefficient (Wildman–Crippen LogP) is 0.749. The van der Waals surface area contributed by atoms with Crippen molar-refractivity contribution in [3.05, 3.63) is 17.0 Å². The van der Waals surface area contributed by atoms with Crippen LogP contribution in [0.15, 0.2) is 0 Å². The fourth-order valence-electron chi connectivity index (χ4n) is 1.61. The maximum atomic E-state index is 11.5. The van der Waals surface area contributed by atoms with Crippen molar-refractivity contribution >= 4 is 5.91 Å². The summed E-state index contributed by atoms with van der Waals surface area (Å²) in [5.74, 6) is 4.93. The van der Waals surface area contributed by atoms with Gasteiger partial charge in [0.15, 0.2) is 0 Å². The average molecular weight is 210 g/mol. The summed E-state index contributed by atoms with van der Waals surface area (Å²) in [7, 11) is 0. The molecular formula is C10H18N4O. The molecule has 1 unspecified atom stereocenters. The minimum absolute atomic E-state index is 0.205. The Morgan fingerprint density at radius 3 is 2.47 bits per heavy atom. The third kappa shape index (κ3) is 2.02. The molecule has 0 aromatic carbocycles. The fourth-order valence-corrected chi connectivity index (χ4v) is 1.61. The monoisotopic (exact) mass is 210 g/mol. The molecule has 0 fully saturated rings. The SMILES string of the molecule is CCC(C(=O)NN)n1nc(C)c(C)c1C. The summed E-state index contributed by atoms with van der Waals surface area (Å²) in [4.78, 5) is 11.5. The molecule has 1 atom stereocenters. The highest BCUT2D eigenvalue weighted by Crippen LogP contribution is 2.18. The summed E-state index contributed by atoms with van der Waals surface area (Å²) in [5, 5.41) is 4.35. The van der Waals surface area contributed by atoms with E-state index in [-0.39, 0.29) is 11.9 Å². The molecule has 0 saturated carbocycles. The second kappa shape index (κ2) is 4.44. The molecule has 0 radical (unpaired) electrons. The van der Waals surface area contributed by atoms with E-state index in [0.717, 1.165) is 17.0 Å². The van der Waals surface area contributed by atoms with E-state index >= 15 is 0 Å². The summed E-state index contributed by atoms with van der Waals surface area (Å²) in [6.07, 6.45) is 0.671. The molecule has 84 valence electrons. The second-order valence-corrected chi connectivity index (χ2v) is 3.67. The maximum Gasteiger partial charge on any atom is 0.258 e. The smallest absolute Gasteiger partial charge is 0.258 e. The Labute approximate surface area is 89.6 Å². The van der Waals surface area contributed by atoms with Crippen molar-refractivity contribution < 1.29 is 4.79 Å². The standard InChI is InChI=1S/C10H18N4O/c1-5-9(10(15)12-11)14-8(4)6(2)7(3)13-14/h9H,5,11H2,1-4H3,(H,12,15). The molecule has 15 heavy (non-hydrogen) atoms. The first-order valence-electron chi connectivity index (χ1n) is 5.05. The second-order valence-electron chi connectivity index (χ2n) is 3.67. The van der Waals surface area contributed by atoms with Gasteiger partial charge in [0.05, 0.1) is 5.69 Å². The van der Waals surface area contributed by atoms with Crippen LogP contribution in [0.2, 0.25) is 0 Å². The van der Waals surface area contributed by atoms with E-state index in [9.17, 15) is 4.79 Å². The predicted molar refractivity (Wildman–Crippen MR) is 58.1 cm³/mol. The zero-order chi connectivity index (χ0) is 11.6. The molecule has 0 aliphatic rings. The third-order valence-corrected chi connectivity index (χ3v) is 2.81. The first kappa shape index (κ1) is 11.7. The van der Waals surface area contributed by atoms with Crippen LogP contribution in [0.1, 0.15) is 36.3 Å². The zero-order valence-corrected chi connectivity index (χ0v) is 9.66. The summed E-state index contributed by atoms with van der Waals surface area (Å²) < 4.78 is 1.74. The molecule has 0 aliphatic heterocycles. The molecule has 3 N–H and O–H groups in total. The van der Waals surface area contributed by atoms with Crippen molar-refractivity contribution in [1.29, 1.82) is 0 Å². The number of carbonyl (C=O) groups is 1. The number of nitrogens with zero attached hydrogens (tertiary/aromatic N) is 2. The molecule has 0 aliphatic carbocycles. The molecular weight excluding hydrogens is 192 g/mol. The zero-order valence-electron chi connectivity index (χ0n) is 9.66. The number of aromatic nitrogens is 2. The van der Waals surface area contributed by atoms with Gasteiger partial charge >= 0.3 is 0 Å². The molecule has 1 rings (SSSR count). The third-order valence-electron chi connectivity index (χ3n) is 2.81. The van der Waals surface area contributed by atoms with E-state index in [1.54, 1.807) is 4.68 Å². The Kier molecular flexibility index (Phi) is 3.47. The quantitative estimate of drug-likeness (QED) is 0.439. The summed E-state index contributed by atoms with van der Waals surface area (Å²) in [6.45, 7) is 7.83. The topological polar surface area (TPSA) is 72.9 Å². The van der Waals surface area contributed by atoms with Crippen LogP contribution in [0.25, 0.3) is 0 Å². The van der Waals surface area contributed by atoms with E-state index in [4.69, 9.17) is 5.84 Å². The summed E-state index contributed by atoms with van der Waals surface area (Å²) in [6, 6.07) is -0.317. The van der Waals surface area contributed by atoms with Gasteiger partial charge in [0, 0.05) is 5.69 Å². The largest absolute Gasteiger partial charge is 0.292 e. The number of rotatable bonds is 3. The van der Waals surface area contributed by atoms with E-state index < -0.39 is 0 Å². The van der Waals surface area contributed by atoms with Crippen molar-refractivity contribution in [1.82, 2.24) is 15.2 Å². The molecule has 1 amide bonds. The molecule has 0 spiro atoms. The van der Waals surface area contributed by atoms with Gasteiger partial charge in [-0.1, -0.05) is 6.92 Å². The fraction of sp³-hybridized carbons (Fsp3) is 0.600. The van der Waals surface area contributed by atoms with Gasteiger partial charge in [-0.25, -0.2) is 5.84 Å². The molecule has 5 nitrogen and oxygen atoms in total. The van der Waals surface area contributed by atoms with Crippen LogP contribution < -0.4 is 11.3 Å². The number of hydrogen-bond acceptors (Lipinski definition) is 3. The highest BCUT2D eigenvalue weighted by atomic mass is 16.2. The number of aryl methyl sites for hydroxylation is 1. The molecule has 1 heterocycles. The van der Waals surface area contributed by atoms with Crippen LogP contribution in [0.5, 0.6) is 0 Å². The average Bonchev–Trinajstić information content (AvgIpc) is 2.47. The number of hydrogen-bond donors (Lipinski definition) is 2. The van der Waals surface area contributed by atoms with Crippen LogP contribution in [-0.4, -0.2) is 15.7 Å². The van der Waals surface area contributed by atoms with Gasteiger partial charge in [-0.2, -0.15) is 5.10 Å². The lowest BCUT2D eigenvalue weighted by Gasteiger charge is -2.15. The Balaban J connectivity index is 3.13. The van der Waals surface area contributed by atoms with E-state index in [1.165, 1.54) is 0 Å². The van der Waals surface area contributed by atoms with Gasteiger partial charge in [-0.15, -0.1) is 0 Å². The van der Waals surface area contributed by atoms with Crippen LogP contribution >= 0.6 is 0 Å². The molecule has 0 saturated heterocycles. The number of nitrogens with two attached hydrogens (primary N) is 1. The van der Waals surface area contributed by atoms with Crippen molar-refractivity contribution in [2.24, 2.45) is 5.84 Å². The van der Waals surface area contributed by atoms with Crippen molar-refractivity contribution in [3.63, 3.8) is 0 Å². The first-order valence-corrected chi connectivity index (χ1v) is 5.05. The summed E-state index contributed by atoms with van der Waals surface area (Å²) in [5.41, 5.74) is 5.27. The van der Waals surface area contributed by atoms with Crippen LogP contribution in [0.3, 0.4) is 0 Å². The van der Waals surface area contributed by atoms with Gasteiger partial charge < -0.3 is 0 Å². The molecule has 5 heteroatoms. The number of amides is 1. The lowest BCUT2D eigenvalue weighted by Crippen LogP contribution is -2.37. The Morgan fingerprint density at radius 1 is 1.53 bits per heavy atom. The number of nitrogens with one attached hydrogen (secondary N) is 1. The van der Waals surface area contributed by atoms with E-state index in [1.807, 2.05) is 27.7 Å². The van der Waals surface area contributed by atoms with Gasteiger partial charge in [0.2, 0.25) is 0 Å². The highest BCUT2D eigenvalue weighted by molar-refractivity contribution is 5.79.